The molecule has 0 aliphatic carbocycles. The summed E-state index contributed by atoms with van der Waals surface area (Å²) in [5.74, 6) is 1.50. The van der Waals surface area contributed by atoms with Crippen molar-refractivity contribution in [2.45, 2.75) is 45.8 Å². The van der Waals surface area contributed by atoms with Gasteiger partial charge in [-0.2, -0.15) is 0 Å². The lowest BCUT2D eigenvalue weighted by molar-refractivity contribution is -0.130. The van der Waals surface area contributed by atoms with Crippen LogP contribution in [0.5, 0.6) is 0 Å². The molecule has 146 valence electrons. The van der Waals surface area contributed by atoms with Crippen LogP contribution in [-0.4, -0.2) is 39.2 Å². The molecule has 1 aliphatic rings. The van der Waals surface area contributed by atoms with Crippen molar-refractivity contribution < 1.29 is 4.79 Å². The van der Waals surface area contributed by atoms with E-state index in [4.69, 9.17) is 4.98 Å². The standard InChI is InChI=1S/C20H27N3O2S2/c1-6-7-23-19(25)17-14(4)15(5)27-18(17)21-20(23)26-11-16(24)22-9-12(2)8-13(3)10-22/h6,12-13H,1,7-11H2,2-5H3/t12-,13-/m1/s1. The summed E-state index contributed by atoms with van der Waals surface area (Å²) in [5.41, 5.74) is 0.950. The first kappa shape index (κ1) is 20.1. The Balaban J connectivity index is 1.85. The van der Waals surface area contributed by atoms with Gasteiger partial charge in [-0.25, -0.2) is 4.98 Å². The fourth-order valence-electron chi connectivity index (χ4n) is 3.79. The molecule has 0 bridgehead atoms. The van der Waals surface area contributed by atoms with Crippen LogP contribution in [0.15, 0.2) is 22.6 Å². The Hall–Kier alpha value is -1.60. The van der Waals surface area contributed by atoms with Crippen molar-refractivity contribution in [1.82, 2.24) is 14.5 Å². The molecule has 1 saturated heterocycles. The summed E-state index contributed by atoms with van der Waals surface area (Å²) >= 11 is 2.89. The van der Waals surface area contributed by atoms with Gasteiger partial charge >= 0.3 is 0 Å². The number of nitrogens with zero attached hydrogens (tertiary/aromatic N) is 3. The Morgan fingerprint density at radius 3 is 2.63 bits per heavy atom. The largest absolute Gasteiger partial charge is 0.341 e. The molecule has 0 saturated carbocycles. The molecular formula is C20H27N3O2S2. The second-order valence-corrected chi connectivity index (χ2v) is 9.74. The molecule has 1 amide bonds. The monoisotopic (exact) mass is 405 g/mol. The molecule has 0 unspecified atom stereocenters. The van der Waals surface area contributed by atoms with Gasteiger partial charge in [0.15, 0.2) is 5.16 Å². The van der Waals surface area contributed by atoms with Gasteiger partial charge in [0.1, 0.15) is 4.83 Å². The van der Waals surface area contributed by atoms with E-state index in [2.05, 4.69) is 20.4 Å². The highest BCUT2D eigenvalue weighted by Gasteiger charge is 2.26. The first-order chi connectivity index (χ1) is 12.8. The van der Waals surface area contributed by atoms with Gasteiger partial charge in [0.25, 0.3) is 5.56 Å². The molecule has 0 radical (unpaired) electrons. The Bertz CT molecular complexity index is 921. The number of aromatic nitrogens is 2. The van der Waals surface area contributed by atoms with Gasteiger partial charge in [0.05, 0.1) is 11.1 Å². The first-order valence-corrected chi connectivity index (χ1v) is 11.1. The number of aryl methyl sites for hydroxylation is 2. The van der Waals surface area contributed by atoms with Crippen molar-refractivity contribution >= 4 is 39.2 Å². The minimum atomic E-state index is -0.0445. The van der Waals surface area contributed by atoms with Crippen LogP contribution >= 0.6 is 23.1 Å². The van der Waals surface area contributed by atoms with E-state index >= 15 is 0 Å². The second-order valence-electron chi connectivity index (χ2n) is 7.60. The molecule has 3 rings (SSSR count). The maximum absolute atomic E-state index is 13.0. The van der Waals surface area contributed by atoms with Crippen molar-refractivity contribution in [2.24, 2.45) is 11.8 Å². The van der Waals surface area contributed by atoms with Crippen molar-refractivity contribution in [3.63, 3.8) is 0 Å². The number of hydrogen-bond donors (Lipinski definition) is 0. The molecule has 0 aromatic carbocycles. The first-order valence-electron chi connectivity index (χ1n) is 9.33. The van der Waals surface area contributed by atoms with Crippen LogP contribution in [0.25, 0.3) is 10.2 Å². The highest BCUT2D eigenvalue weighted by Crippen LogP contribution is 2.29. The molecule has 1 fully saturated rings. The highest BCUT2D eigenvalue weighted by atomic mass is 32.2. The number of fused-ring (bicyclic) bond motifs is 1. The zero-order valence-electron chi connectivity index (χ0n) is 16.4. The van der Waals surface area contributed by atoms with Gasteiger partial charge in [0, 0.05) is 24.5 Å². The third-order valence-corrected chi connectivity index (χ3v) is 7.17. The topological polar surface area (TPSA) is 55.2 Å². The van der Waals surface area contributed by atoms with E-state index in [9.17, 15) is 9.59 Å². The number of likely N-dealkylation sites (tertiary alicyclic amines) is 1. The number of carbonyl (C=O) groups excluding carboxylic acids is 1. The number of thiophene rings is 1. The van der Waals surface area contributed by atoms with Gasteiger partial charge in [-0.05, 0) is 37.7 Å². The molecule has 3 heterocycles. The number of allylic oxidation sites excluding steroid dienone is 1. The Morgan fingerprint density at radius 1 is 1.33 bits per heavy atom. The summed E-state index contributed by atoms with van der Waals surface area (Å²) in [7, 11) is 0. The lowest BCUT2D eigenvalue weighted by atomic mass is 9.92. The Morgan fingerprint density at radius 2 is 2.00 bits per heavy atom. The summed E-state index contributed by atoms with van der Waals surface area (Å²) in [6, 6.07) is 0. The van der Waals surface area contributed by atoms with E-state index in [0.29, 0.717) is 34.7 Å². The Labute approximate surface area is 168 Å². The number of piperidine rings is 1. The average molecular weight is 406 g/mol. The summed E-state index contributed by atoms with van der Waals surface area (Å²) < 4.78 is 1.63. The lowest BCUT2D eigenvalue weighted by Crippen LogP contribution is -2.43. The minimum absolute atomic E-state index is 0.0445. The maximum atomic E-state index is 13.0. The van der Waals surface area contributed by atoms with Crippen LogP contribution in [0.3, 0.4) is 0 Å². The van der Waals surface area contributed by atoms with Crippen molar-refractivity contribution in [3.05, 3.63) is 33.4 Å². The minimum Gasteiger partial charge on any atom is -0.341 e. The summed E-state index contributed by atoms with van der Waals surface area (Å²) in [4.78, 5) is 34.2. The zero-order chi connectivity index (χ0) is 19.7. The van der Waals surface area contributed by atoms with E-state index < -0.39 is 0 Å². The van der Waals surface area contributed by atoms with Crippen molar-refractivity contribution in [1.29, 1.82) is 0 Å². The average Bonchev–Trinajstić information content (AvgIpc) is 2.89. The van der Waals surface area contributed by atoms with Crippen LogP contribution in [0.2, 0.25) is 0 Å². The lowest BCUT2D eigenvalue weighted by Gasteiger charge is -2.35. The number of hydrogen-bond acceptors (Lipinski definition) is 5. The van der Waals surface area contributed by atoms with Crippen molar-refractivity contribution in [2.75, 3.05) is 18.8 Å². The predicted molar refractivity (Wildman–Crippen MR) is 114 cm³/mol. The van der Waals surface area contributed by atoms with Gasteiger partial charge in [-0.15, -0.1) is 17.9 Å². The fraction of sp³-hybridized carbons (Fsp3) is 0.550. The van der Waals surface area contributed by atoms with Crippen LogP contribution in [0, 0.1) is 25.7 Å². The van der Waals surface area contributed by atoms with E-state index in [1.807, 2.05) is 18.7 Å². The molecule has 1 aliphatic heterocycles. The van der Waals surface area contributed by atoms with Gasteiger partial charge < -0.3 is 4.90 Å². The highest BCUT2D eigenvalue weighted by molar-refractivity contribution is 7.99. The van der Waals surface area contributed by atoms with Crippen LogP contribution in [0.1, 0.15) is 30.7 Å². The molecular weight excluding hydrogens is 378 g/mol. The molecule has 27 heavy (non-hydrogen) atoms. The van der Waals surface area contributed by atoms with Crippen LogP contribution < -0.4 is 5.56 Å². The van der Waals surface area contributed by atoms with E-state index in [0.717, 1.165) is 28.4 Å². The normalized spacial score (nSPS) is 20.2. The van der Waals surface area contributed by atoms with Crippen LogP contribution in [-0.2, 0) is 11.3 Å². The van der Waals surface area contributed by atoms with Crippen molar-refractivity contribution in [3.8, 4) is 0 Å². The Kier molecular flexibility index (Phi) is 6.11. The molecule has 2 aromatic rings. The van der Waals surface area contributed by atoms with Crippen LogP contribution in [0.4, 0.5) is 0 Å². The fourth-order valence-corrected chi connectivity index (χ4v) is 5.77. The number of carbonyl (C=O) groups is 1. The quantitative estimate of drug-likeness (QED) is 0.431. The third-order valence-electron chi connectivity index (χ3n) is 5.11. The number of rotatable bonds is 5. The molecule has 0 N–H and O–H groups in total. The van der Waals surface area contributed by atoms with E-state index in [1.165, 1.54) is 29.5 Å². The predicted octanol–water partition coefficient (Wildman–Crippen LogP) is 3.86. The van der Waals surface area contributed by atoms with Gasteiger partial charge in [-0.1, -0.05) is 31.7 Å². The summed E-state index contributed by atoms with van der Waals surface area (Å²) in [6.45, 7) is 14.2. The molecule has 0 spiro atoms. The maximum Gasteiger partial charge on any atom is 0.263 e. The van der Waals surface area contributed by atoms with Gasteiger partial charge in [0.2, 0.25) is 5.91 Å². The molecule has 7 heteroatoms. The summed E-state index contributed by atoms with van der Waals surface area (Å²) in [5, 5.41) is 1.29. The second kappa shape index (κ2) is 8.19. The number of thioether (sulfide) groups is 1. The van der Waals surface area contributed by atoms with E-state index in [1.54, 1.807) is 10.6 Å². The molecule has 2 atom stereocenters. The zero-order valence-corrected chi connectivity index (χ0v) is 18.1. The summed E-state index contributed by atoms with van der Waals surface area (Å²) in [6.07, 6.45) is 2.87. The van der Waals surface area contributed by atoms with Gasteiger partial charge in [-0.3, -0.25) is 14.2 Å². The molecule has 5 nitrogen and oxygen atoms in total. The third kappa shape index (κ3) is 4.14. The SMILES string of the molecule is C=CCn1c(SCC(=O)N2C[C@H](C)C[C@@H](C)C2)nc2sc(C)c(C)c2c1=O. The number of amides is 1. The smallest absolute Gasteiger partial charge is 0.263 e. The molecule has 2 aromatic heterocycles. The van der Waals surface area contributed by atoms with E-state index in [-0.39, 0.29) is 11.5 Å².